The summed E-state index contributed by atoms with van der Waals surface area (Å²) in [6, 6.07) is 7.13. The van der Waals surface area contributed by atoms with Crippen molar-refractivity contribution in [3.05, 3.63) is 64.0 Å². The van der Waals surface area contributed by atoms with Crippen LogP contribution in [0.1, 0.15) is 32.6 Å². The standard InChI is InChI=1S/C17H13F4N3O/c1-9-5-12(6-10(2)15(9)18)16(25)24-23-14-4-3-11(8-22)7-13(14)17(19,20)21/h3-7,23H,1-2H3,(H,24,25). The summed E-state index contributed by atoms with van der Waals surface area (Å²) in [4.78, 5) is 12.1. The largest absolute Gasteiger partial charge is 0.418 e. The molecule has 25 heavy (non-hydrogen) atoms. The number of rotatable bonds is 3. The molecule has 130 valence electrons. The van der Waals surface area contributed by atoms with E-state index in [1.54, 1.807) is 6.07 Å². The SMILES string of the molecule is Cc1cc(C(=O)NNc2ccc(C#N)cc2C(F)(F)F)cc(C)c1F. The van der Waals surface area contributed by atoms with E-state index < -0.39 is 29.2 Å². The number of benzene rings is 2. The first-order valence-electron chi connectivity index (χ1n) is 7.08. The van der Waals surface area contributed by atoms with Gasteiger partial charge in [0.2, 0.25) is 0 Å². The summed E-state index contributed by atoms with van der Waals surface area (Å²) >= 11 is 0. The van der Waals surface area contributed by atoms with Crippen molar-refractivity contribution in [2.45, 2.75) is 20.0 Å². The highest BCUT2D eigenvalue weighted by atomic mass is 19.4. The zero-order chi connectivity index (χ0) is 18.8. The van der Waals surface area contributed by atoms with Gasteiger partial charge in [0.1, 0.15) is 5.82 Å². The van der Waals surface area contributed by atoms with Crippen LogP contribution in [0, 0.1) is 31.0 Å². The van der Waals surface area contributed by atoms with E-state index in [9.17, 15) is 22.4 Å². The second kappa shape index (κ2) is 6.81. The maximum atomic E-state index is 13.6. The second-order valence-electron chi connectivity index (χ2n) is 5.37. The lowest BCUT2D eigenvalue weighted by Gasteiger charge is -2.16. The highest BCUT2D eigenvalue weighted by Crippen LogP contribution is 2.35. The number of amides is 1. The molecule has 0 atom stereocenters. The van der Waals surface area contributed by atoms with Gasteiger partial charge in [0, 0.05) is 5.56 Å². The fourth-order valence-corrected chi connectivity index (χ4v) is 2.23. The monoisotopic (exact) mass is 351 g/mol. The molecule has 0 saturated carbocycles. The Morgan fingerprint density at radius 3 is 2.24 bits per heavy atom. The number of nitrogens with one attached hydrogen (secondary N) is 2. The second-order valence-corrected chi connectivity index (χ2v) is 5.37. The van der Waals surface area contributed by atoms with Crippen LogP contribution in [0.2, 0.25) is 0 Å². The Morgan fingerprint density at radius 2 is 1.72 bits per heavy atom. The third kappa shape index (κ3) is 4.07. The number of carbonyl (C=O) groups is 1. The van der Waals surface area contributed by atoms with E-state index in [2.05, 4.69) is 10.9 Å². The summed E-state index contributed by atoms with van der Waals surface area (Å²) < 4.78 is 52.8. The van der Waals surface area contributed by atoms with Crippen molar-refractivity contribution in [3.8, 4) is 6.07 Å². The first-order valence-corrected chi connectivity index (χ1v) is 7.08. The summed E-state index contributed by atoms with van der Waals surface area (Å²) in [7, 11) is 0. The van der Waals surface area contributed by atoms with Crippen LogP contribution in [0.5, 0.6) is 0 Å². The minimum atomic E-state index is -4.71. The molecule has 1 amide bonds. The third-order valence-electron chi connectivity index (χ3n) is 3.46. The van der Waals surface area contributed by atoms with Gasteiger partial charge in [-0.25, -0.2) is 4.39 Å². The Balaban J connectivity index is 2.24. The van der Waals surface area contributed by atoms with Gasteiger partial charge in [0.25, 0.3) is 5.91 Å². The van der Waals surface area contributed by atoms with Crippen molar-refractivity contribution in [1.29, 1.82) is 5.26 Å². The number of alkyl halides is 3. The molecule has 2 rings (SSSR count). The van der Waals surface area contributed by atoms with Crippen LogP contribution in [-0.4, -0.2) is 5.91 Å². The molecule has 8 heteroatoms. The summed E-state index contributed by atoms with van der Waals surface area (Å²) in [5.74, 6) is -1.17. The molecule has 0 saturated heterocycles. The average Bonchev–Trinajstić information content (AvgIpc) is 2.56. The Morgan fingerprint density at radius 1 is 1.12 bits per heavy atom. The molecule has 0 aliphatic carbocycles. The van der Waals surface area contributed by atoms with Crippen LogP contribution in [0.15, 0.2) is 30.3 Å². The van der Waals surface area contributed by atoms with Crippen LogP contribution in [0.3, 0.4) is 0 Å². The summed E-state index contributed by atoms with van der Waals surface area (Å²) in [6.45, 7) is 2.96. The van der Waals surface area contributed by atoms with Crippen molar-refractivity contribution in [1.82, 2.24) is 5.43 Å². The molecule has 0 aliphatic rings. The number of nitrogens with zero attached hydrogens (tertiary/aromatic N) is 1. The molecule has 2 aromatic carbocycles. The van der Waals surface area contributed by atoms with Crippen molar-refractivity contribution in [2.24, 2.45) is 0 Å². The number of hydrazine groups is 1. The number of hydrogen-bond acceptors (Lipinski definition) is 3. The maximum absolute atomic E-state index is 13.6. The molecular weight excluding hydrogens is 338 g/mol. The molecule has 0 heterocycles. The number of carbonyl (C=O) groups excluding carboxylic acids is 1. The summed E-state index contributed by atoms with van der Waals surface area (Å²) in [6.07, 6.45) is -4.71. The van der Waals surface area contributed by atoms with Gasteiger partial charge in [-0.15, -0.1) is 0 Å². The van der Waals surface area contributed by atoms with Crippen LogP contribution in [0.25, 0.3) is 0 Å². The normalized spacial score (nSPS) is 10.9. The minimum Gasteiger partial charge on any atom is -0.298 e. The Kier molecular flexibility index (Phi) is 4.97. The van der Waals surface area contributed by atoms with E-state index in [1.165, 1.54) is 32.0 Å². The van der Waals surface area contributed by atoms with Crippen LogP contribution >= 0.6 is 0 Å². The van der Waals surface area contributed by atoms with Crippen molar-refractivity contribution in [3.63, 3.8) is 0 Å². The highest BCUT2D eigenvalue weighted by molar-refractivity contribution is 5.95. The van der Waals surface area contributed by atoms with Gasteiger partial charge >= 0.3 is 6.18 Å². The molecule has 2 N–H and O–H groups in total. The summed E-state index contributed by atoms with van der Waals surface area (Å²) in [5, 5.41) is 8.72. The molecular formula is C17H13F4N3O. The Labute approximate surface area is 141 Å². The number of anilines is 1. The topological polar surface area (TPSA) is 64.9 Å². The predicted molar refractivity (Wildman–Crippen MR) is 83.1 cm³/mol. The van der Waals surface area contributed by atoms with E-state index in [1.807, 2.05) is 0 Å². The van der Waals surface area contributed by atoms with Crippen LogP contribution in [0.4, 0.5) is 23.2 Å². The molecule has 0 unspecified atom stereocenters. The van der Waals surface area contributed by atoms with Crippen molar-refractivity contribution < 1.29 is 22.4 Å². The van der Waals surface area contributed by atoms with Gasteiger partial charge in [0.15, 0.2) is 0 Å². The number of halogens is 4. The van der Waals surface area contributed by atoms with Gasteiger partial charge in [-0.1, -0.05) is 0 Å². The van der Waals surface area contributed by atoms with Gasteiger partial charge in [-0.2, -0.15) is 18.4 Å². The Bertz CT molecular complexity index is 846. The van der Waals surface area contributed by atoms with Crippen LogP contribution in [-0.2, 0) is 6.18 Å². The third-order valence-corrected chi connectivity index (χ3v) is 3.46. The predicted octanol–water partition coefficient (Wildman–Crippen LogP) is 4.09. The lowest BCUT2D eigenvalue weighted by Crippen LogP contribution is -2.30. The van der Waals surface area contributed by atoms with E-state index in [4.69, 9.17) is 5.26 Å². The van der Waals surface area contributed by atoms with Crippen LogP contribution < -0.4 is 10.9 Å². The van der Waals surface area contributed by atoms with Gasteiger partial charge in [0.05, 0.1) is 22.9 Å². The smallest absolute Gasteiger partial charge is 0.298 e. The van der Waals surface area contributed by atoms with Gasteiger partial charge in [-0.05, 0) is 55.3 Å². The maximum Gasteiger partial charge on any atom is 0.418 e. The van der Waals surface area contributed by atoms with Crippen molar-refractivity contribution >= 4 is 11.6 Å². The molecule has 4 nitrogen and oxygen atoms in total. The minimum absolute atomic E-state index is 0.103. The zero-order valence-corrected chi connectivity index (χ0v) is 13.3. The lowest BCUT2D eigenvalue weighted by molar-refractivity contribution is -0.137. The average molecular weight is 351 g/mol. The molecule has 0 bridgehead atoms. The molecule has 0 aliphatic heterocycles. The summed E-state index contributed by atoms with van der Waals surface area (Å²) in [5.41, 5.74) is 3.30. The van der Waals surface area contributed by atoms with E-state index in [0.717, 1.165) is 6.07 Å². The first-order chi connectivity index (χ1) is 11.6. The van der Waals surface area contributed by atoms with Gasteiger partial charge in [-0.3, -0.25) is 15.6 Å². The number of hydrogen-bond donors (Lipinski definition) is 2. The number of aryl methyl sites for hydroxylation is 2. The lowest BCUT2D eigenvalue weighted by atomic mass is 10.1. The van der Waals surface area contributed by atoms with E-state index in [0.29, 0.717) is 6.07 Å². The highest BCUT2D eigenvalue weighted by Gasteiger charge is 2.34. The fourth-order valence-electron chi connectivity index (χ4n) is 2.23. The first kappa shape index (κ1) is 18.3. The fraction of sp³-hybridized carbons (Fsp3) is 0.176. The molecule has 2 aromatic rings. The molecule has 0 fully saturated rings. The molecule has 0 spiro atoms. The van der Waals surface area contributed by atoms with Gasteiger partial charge < -0.3 is 0 Å². The van der Waals surface area contributed by atoms with E-state index in [-0.39, 0.29) is 22.3 Å². The molecule has 0 radical (unpaired) electrons. The quantitative estimate of drug-likeness (QED) is 0.647. The molecule has 0 aromatic heterocycles. The van der Waals surface area contributed by atoms with Crippen molar-refractivity contribution in [2.75, 3.05) is 5.43 Å². The van der Waals surface area contributed by atoms with E-state index >= 15 is 0 Å². The number of nitriles is 1. The Hall–Kier alpha value is -3.08. The zero-order valence-electron chi connectivity index (χ0n) is 13.3.